The predicted molar refractivity (Wildman–Crippen MR) is 29.8 cm³/mol. The molecule has 0 spiro atoms. The Labute approximate surface area is 52.6 Å². The van der Waals surface area contributed by atoms with Crippen molar-refractivity contribution in [3.8, 4) is 0 Å². The molecule has 9 heavy (non-hydrogen) atoms. The summed E-state index contributed by atoms with van der Waals surface area (Å²) < 4.78 is 20.1. The zero-order valence-corrected chi connectivity index (χ0v) is 5.16. The molecule has 5 nitrogen and oxygen atoms in total. The molecule has 50 valence electrons. The first kappa shape index (κ1) is 6.24. The molecule has 0 aliphatic carbocycles. The van der Waals surface area contributed by atoms with Crippen LogP contribution < -0.4 is 10.9 Å². The second kappa shape index (κ2) is 2.16. The van der Waals surface area contributed by atoms with Crippen molar-refractivity contribution in [2.24, 2.45) is 0 Å². The van der Waals surface area contributed by atoms with Crippen molar-refractivity contribution >= 4 is 21.2 Å². The zero-order valence-electron chi connectivity index (χ0n) is 4.34. The van der Waals surface area contributed by atoms with Gasteiger partial charge in [-0.15, -0.1) is 0 Å². The maximum atomic E-state index is 10.3. The Bertz CT molecular complexity index is 257. The molecular formula is C3H4N2O3S. The Morgan fingerprint density at radius 1 is 1.33 bits per heavy atom. The molecule has 6 heteroatoms. The molecular weight excluding hydrogens is 144 g/mol. The largest absolute Gasteiger partial charge is 0.286 e. The fraction of sp³-hybridized carbons (Fsp3) is 0.333. The van der Waals surface area contributed by atoms with Gasteiger partial charge in [0.05, 0.1) is 6.42 Å². The van der Waals surface area contributed by atoms with Crippen LogP contribution in [0.2, 0.25) is 0 Å². The number of amides is 1. The molecule has 2 N–H and O–H groups in total. The normalized spacial score (nSPS) is 17.8. The third kappa shape index (κ3) is 1.27. The van der Waals surface area contributed by atoms with Crippen molar-refractivity contribution in [2.45, 2.75) is 6.42 Å². The second-order valence-electron chi connectivity index (χ2n) is 1.51. The molecule has 1 saturated heterocycles. The number of carbonyl (C=O) groups is 1. The van der Waals surface area contributed by atoms with Gasteiger partial charge in [-0.2, -0.15) is 13.8 Å². The van der Waals surface area contributed by atoms with E-state index in [4.69, 9.17) is 0 Å². The molecule has 1 amide bonds. The monoisotopic (exact) mass is 148 g/mol. The quantitative estimate of drug-likeness (QED) is 0.390. The maximum absolute atomic E-state index is 10.3. The molecule has 0 unspecified atom stereocenters. The van der Waals surface area contributed by atoms with Crippen LogP contribution in [-0.2, 0) is 15.1 Å². The summed E-state index contributed by atoms with van der Waals surface area (Å²) in [5, 5.41) is 0. The van der Waals surface area contributed by atoms with Crippen LogP contribution in [0.3, 0.4) is 0 Å². The minimum atomic E-state index is -2.29. The van der Waals surface area contributed by atoms with E-state index in [1.165, 1.54) is 0 Å². The predicted octanol–water partition coefficient (Wildman–Crippen LogP) is -1.98. The highest BCUT2D eigenvalue weighted by atomic mass is 32.2. The first-order valence-electron chi connectivity index (χ1n) is 2.20. The molecule has 1 fully saturated rings. The summed E-state index contributed by atoms with van der Waals surface area (Å²) in [6, 6.07) is 0. The van der Waals surface area contributed by atoms with Gasteiger partial charge < -0.3 is 0 Å². The third-order valence-corrected chi connectivity index (χ3v) is 1.51. The van der Waals surface area contributed by atoms with E-state index < -0.39 is 10.3 Å². The van der Waals surface area contributed by atoms with Crippen LogP contribution in [0.1, 0.15) is 6.42 Å². The number of hydrazine groups is 1. The molecule has 0 aromatic rings. The van der Waals surface area contributed by atoms with E-state index >= 15 is 0 Å². The van der Waals surface area contributed by atoms with Gasteiger partial charge >= 0.3 is 0 Å². The van der Waals surface area contributed by atoms with Crippen LogP contribution >= 0.6 is 0 Å². The fourth-order valence-corrected chi connectivity index (χ4v) is 0.858. The van der Waals surface area contributed by atoms with Gasteiger partial charge in [-0.3, -0.25) is 10.2 Å². The van der Waals surface area contributed by atoms with Gasteiger partial charge in [0, 0.05) is 0 Å². The van der Waals surface area contributed by atoms with E-state index in [1.807, 2.05) is 0 Å². The van der Waals surface area contributed by atoms with Gasteiger partial charge in [-0.25, -0.2) is 0 Å². The van der Waals surface area contributed by atoms with Crippen LogP contribution in [0.5, 0.6) is 0 Å². The third-order valence-electron chi connectivity index (χ3n) is 0.864. The Morgan fingerprint density at radius 2 is 2.00 bits per heavy atom. The van der Waals surface area contributed by atoms with E-state index in [9.17, 15) is 13.2 Å². The van der Waals surface area contributed by atoms with E-state index in [0.717, 1.165) is 0 Å². The SMILES string of the molecule is O=C1CC(=S(=O)=O)NN1. The molecule has 0 radical (unpaired) electrons. The summed E-state index contributed by atoms with van der Waals surface area (Å²) in [5.41, 5.74) is 4.34. The standard InChI is InChI=1S/C3H4N2O3S/c6-2-1-3(5-4-2)9(7)8/h5H,1H2,(H,4,6). The van der Waals surface area contributed by atoms with E-state index in [0.29, 0.717) is 0 Å². The molecule has 1 heterocycles. The van der Waals surface area contributed by atoms with Gasteiger partial charge in [-0.1, -0.05) is 0 Å². The molecule has 0 bridgehead atoms. The van der Waals surface area contributed by atoms with E-state index in [-0.39, 0.29) is 17.3 Å². The maximum Gasteiger partial charge on any atom is 0.240 e. The zero-order chi connectivity index (χ0) is 6.85. The lowest BCUT2D eigenvalue weighted by atomic mass is 10.5. The summed E-state index contributed by atoms with van der Waals surface area (Å²) in [5.74, 6) is -0.325. The number of rotatable bonds is 0. The van der Waals surface area contributed by atoms with Crippen molar-refractivity contribution in [1.29, 1.82) is 0 Å². The minimum absolute atomic E-state index is 0.000000000000000444. The highest BCUT2D eigenvalue weighted by Gasteiger charge is 2.15. The summed E-state index contributed by atoms with van der Waals surface area (Å²) in [6.07, 6.45) is -0.0733. The van der Waals surface area contributed by atoms with Crippen molar-refractivity contribution in [2.75, 3.05) is 0 Å². The second-order valence-corrected chi connectivity index (χ2v) is 2.47. The van der Waals surface area contributed by atoms with Crippen molar-refractivity contribution in [1.82, 2.24) is 10.9 Å². The lowest BCUT2D eigenvalue weighted by molar-refractivity contribution is -0.119. The van der Waals surface area contributed by atoms with Gasteiger partial charge in [0.1, 0.15) is 4.99 Å². The summed E-state index contributed by atoms with van der Waals surface area (Å²) in [6.45, 7) is 0. The Balaban J connectivity index is 2.94. The lowest BCUT2D eigenvalue weighted by Crippen LogP contribution is -2.28. The number of carbonyl (C=O) groups excluding carboxylic acids is 1. The van der Waals surface area contributed by atoms with E-state index in [1.54, 1.807) is 0 Å². The summed E-state index contributed by atoms with van der Waals surface area (Å²) >= 11 is 0. The number of nitrogens with one attached hydrogen (secondary N) is 2. The topological polar surface area (TPSA) is 75.3 Å². The Morgan fingerprint density at radius 3 is 2.22 bits per heavy atom. The molecule has 1 aliphatic rings. The average Bonchev–Trinajstić information content (AvgIpc) is 2.14. The summed E-state index contributed by atoms with van der Waals surface area (Å²) in [7, 11) is -2.29. The van der Waals surface area contributed by atoms with Gasteiger partial charge in [0.2, 0.25) is 16.2 Å². The van der Waals surface area contributed by atoms with Crippen LogP contribution in [0.15, 0.2) is 0 Å². The first-order valence-corrected chi connectivity index (χ1v) is 3.27. The smallest absolute Gasteiger partial charge is 0.240 e. The highest BCUT2D eigenvalue weighted by molar-refractivity contribution is 7.73. The van der Waals surface area contributed by atoms with Crippen LogP contribution in [0.25, 0.3) is 0 Å². The summed E-state index contributed by atoms with van der Waals surface area (Å²) in [4.78, 5) is 10.3. The molecule has 1 rings (SSSR count). The molecule has 0 aromatic carbocycles. The van der Waals surface area contributed by atoms with Crippen molar-refractivity contribution in [3.63, 3.8) is 0 Å². The van der Waals surface area contributed by atoms with Gasteiger partial charge in [0.15, 0.2) is 0 Å². The van der Waals surface area contributed by atoms with E-state index in [2.05, 4.69) is 10.9 Å². The number of hydrogen-bond acceptors (Lipinski definition) is 3. The van der Waals surface area contributed by atoms with Gasteiger partial charge in [0.25, 0.3) is 0 Å². The first-order chi connectivity index (χ1) is 4.20. The highest BCUT2D eigenvalue weighted by Crippen LogP contribution is 1.85. The van der Waals surface area contributed by atoms with Crippen molar-refractivity contribution in [3.05, 3.63) is 0 Å². The molecule has 0 atom stereocenters. The van der Waals surface area contributed by atoms with Crippen molar-refractivity contribution < 1.29 is 13.2 Å². The molecule has 1 aliphatic heterocycles. The Hall–Kier alpha value is -0.880. The lowest BCUT2D eigenvalue weighted by Gasteiger charge is -1.83. The molecule has 0 saturated carbocycles. The number of hydrogen-bond donors (Lipinski definition) is 2. The minimum Gasteiger partial charge on any atom is -0.286 e. The van der Waals surface area contributed by atoms with Crippen LogP contribution in [-0.4, -0.2) is 19.3 Å². The Kier molecular flexibility index (Phi) is 1.50. The van der Waals surface area contributed by atoms with Crippen LogP contribution in [0.4, 0.5) is 0 Å². The average molecular weight is 148 g/mol. The fourth-order valence-electron chi connectivity index (χ4n) is 0.474. The molecule has 0 aromatic heterocycles. The van der Waals surface area contributed by atoms with Crippen LogP contribution in [0, 0.1) is 0 Å². The van der Waals surface area contributed by atoms with Gasteiger partial charge in [-0.05, 0) is 0 Å².